The number of aryl methyl sites for hydroxylation is 1. The van der Waals surface area contributed by atoms with E-state index in [4.69, 9.17) is 0 Å². The zero-order chi connectivity index (χ0) is 19.1. The van der Waals surface area contributed by atoms with Crippen molar-refractivity contribution in [3.8, 4) is 11.3 Å². The Morgan fingerprint density at radius 3 is 2.89 bits per heavy atom. The third-order valence-electron chi connectivity index (χ3n) is 4.40. The van der Waals surface area contributed by atoms with Crippen molar-refractivity contribution in [2.24, 2.45) is 7.05 Å². The van der Waals surface area contributed by atoms with Gasteiger partial charge in [-0.3, -0.25) is 19.7 Å². The van der Waals surface area contributed by atoms with Crippen LogP contribution in [-0.2, 0) is 11.8 Å². The molecule has 0 bridgehead atoms. The first kappa shape index (κ1) is 17.1. The summed E-state index contributed by atoms with van der Waals surface area (Å²) in [5.41, 5.74) is 3.02. The van der Waals surface area contributed by atoms with Gasteiger partial charge in [-0.15, -0.1) is 11.3 Å². The zero-order valence-corrected chi connectivity index (χ0v) is 15.3. The van der Waals surface area contributed by atoms with Crippen LogP contribution in [0.4, 0.5) is 10.8 Å². The molecule has 8 nitrogen and oxygen atoms in total. The number of nitrogens with zero attached hydrogens (tertiary/aromatic N) is 3. The average molecular weight is 381 g/mol. The number of benzene rings is 1. The van der Waals surface area contributed by atoms with Gasteiger partial charge in [0.05, 0.1) is 17.9 Å². The highest BCUT2D eigenvalue weighted by molar-refractivity contribution is 7.14. The number of thiazole rings is 1. The molecule has 0 fully saturated rings. The van der Waals surface area contributed by atoms with Gasteiger partial charge in [-0.25, -0.2) is 9.97 Å². The van der Waals surface area contributed by atoms with Crippen molar-refractivity contribution in [3.05, 3.63) is 57.6 Å². The van der Waals surface area contributed by atoms with Crippen molar-refractivity contribution in [1.82, 2.24) is 14.5 Å². The van der Waals surface area contributed by atoms with Crippen LogP contribution in [0.5, 0.6) is 0 Å². The number of hydrogen-bond donors (Lipinski definition) is 2. The molecule has 0 spiro atoms. The van der Waals surface area contributed by atoms with Crippen LogP contribution in [0.25, 0.3) is 11.3 Å². The Bertz CT molecular complexity index is 1130. The van der Waals surface area contributed by atoms with E-state index < -0.39 is 5.91 Å². The molecule has 27 heavy (non-hydrogen) atoms. The molecule has 2 aromatic heterocycles. The van der Waals surface area contributed by atoms with Crippen LogP contribution in [0.3, 0.4) is 0 Å². The fraction of sp³-hybridized carbons (Fsp3) is 0.167. The predicted molar refractivity (Wildman–Crippen MR) is 102 cm³/mol. The van der Waals surface area contributed by atoms with E-state index in [1.54, 1.807) is 7.05 Å². The Morgan fingerprint density at radius 2 is 2.11 bits per heavy atom. The highest BCUT2D eigenvalue weighted by atomic mass is 32.1. The van der Waals surface area contributed by atoms with Gasteiger partial charge < -0.3 is 9.88 Å². The lowest BCUT2D eigenvalue weighted by Crippen LogP contribution is -2.22. The van der Waals surface area contributed by atoms with E-state index in [1.807, 2.05) is 30.5 Å². The molecule has 9 heteroatoms. The maximum absolute atomic E-state index is 12.3. The minimum Gasteiger partial charge on any atom is -0.325 e. The molecule has 0 saturated carbocycles. The number of anilines is 2. The first-order chi connectivity index (χ1) is 12.9. The first-order valence-corrected chi connectivity index (χ1v) is 9.05. The normalized spacial score (nSPS) is 15.3. The highest BCUT2D eigenvalue weighted by Gasteiger charge is 2.26. The maximum Gasteiger partial charge on any atom is 0.276 e. The van der Waals surface area contributed by atoms with Crippen LogP contribution in [0.15, 0.2) is 40.8 Å². The molecule has 0 aliphatic carbocycles. The third-order valence-corrected chi connectivity index (χ3v) is 5.16. The first-order valence-electron chi connectivity index (χ1n) is 8.17. The summed E-state index contributed by atoms with van der Waals surface area (Å²) < 4.78 is 1.28. The summed E-state index contributed by atoms with van der Waals surface area (Å²) in [4.78, 5) is 44.0. The van der Waals surface area contributed by atoms with Gasteiger partial charge in [0.25, 0.3) is 11.5 Å². The van der Waals surface area contributed by atoms with Crippen molar-refractivity contribution in [2.75, 3.05) is 10.6 Å². The van der Waals surface area contributed by atoms with Crippen LogP contribution in [0.2, 0.25) is 0 Å². The Kier molecular flexibility index (Phi) is 4.08. The van der Waals surface area contributed by atoms with E-state index in [-0.39, 0.29) is 23.1 Å². The minimum absolute atomic E-state index is 0.0186. The van der Waals surface area contributed by atoms with Crippen LogP contribution < -0.4 is 16.2 Å². The minimum atomic E-state index is -0.494. The van der Waals surface area contributed by atoms with E-state index in [0.29, 0.717) is 10.8 Å². The van der Waals surface area contributed by atoms with Crippen LogP contribution >= 0.6 is 11.3 Å². The Balaban J connectivity index is 1.56. The largest absolute Gasteiger partial charge is 0.325 e. The second kappa shape index (κ2) is 6.44. The van der Waals surface area contributed by atoms with Gasteiger partial charge >= 0.3 is 0 Å². The van der Waals surface area contributed by atoms with Gasteiger partial charge in [-0.2, -0.15) is 0 Å². The van der Waals surface area contributed by atoms with Gasteiger partial charge in [0, 0.05) is 29.7 Å². The Labute approximate surface area is 157 Å². The fourth-order valence-corrected chi connectivity index (χ4v) is 3.50. The molecule has 1 aliphatic heterocycles. The average Bonchev–Trinajstić information content (AvgIpc) is 3.22. The van der Waals surface area contributed by atoms with Gasteiger partial charge in [0.15, 0.2) is 5.13 Å². The maximum atomic E-state index is 12.3. The van der Waals surface area contributed by atoms with E-state index in [0.717, 1.165) is 16.8 Å². The smallest absolute Gasteiger partial charge is 0.276 e. The molecule has 1 unspecified atom stereocenters. The van der Waals surface area contributed by atoms with Crippen molar-refractivity contribution in [2.45, 2.75) is 12.8 Å². The summed E-state index contributed by atoms with van der Waals surface area (Å²) in [6.07, 6.45) is 1.30. The van der Waals surface area contributed by atoms with E-state index in [2.05, 4.69) is 20.6 Å². The van der Waals surface area contributed by atoms with Crippen molar-refractivity contribution >= 4 is 34.0 Å². The van der Waals surface area contributed by atoms with Gasteiger partial charge in [0.1, 0.15) is 5.69 Å². The number of carbonyl (C=O) groups is 2. The van der Waals surface area contributed by atoms with E-state index in [1.165, 1.54) is 28.3 Å². The number of nitrogens with one attached hydrogen (secondary N) is 2. The number of fused-ring (bicyclic) bond motifs is 1. The molecule has 3 heterocycles. The summed E-state index contributed by atoms with van der Waals surface area (Å²) in [6.45, 7) is 1.86. The number of amides is 2. The summed E-state index contributed by atoms with van der Waals surface area (Å²) in [5.74, 6) is -0.717. The summed E-state index contributed by atoms with van der Waals surface area (Å²) in [5, 5.41) is 7.72. The SMILES string of the molecule is CC1C(=O)Nc2ccc(-c3csc(NC(=O)c4cc(=O)n(C)cn4)n3)cc21. The molecular formula is C18H15N5O3S. The zero-order valence-electron chi connectivity index (χ0n) is 14.5. The predicted octanol–water partition coefficient (Wildman–Crippen LogP) is 2.21. The lowest BCUT2D eigenvalue weighted by Gasteiger charge is -2.04. The van der Waals surface area contributed by atoms with Gasteiger partial charge in [0.2, 0.25) is 5.91 Å². The molecule has 2 amide bonds. The number of aromatic nitrogens is 3. The van der Waals surface area contributed by atoms with E-state index >= 15 is 0 Å². The number of carbonyl (C=O) groups excluding carboxylic acids is 2. The molecule has 4 rings (SSSR count). The molecular weight excluding hydrogens is 366 g/mol. The van der Waals surface area contributed by atoms with Gasteiger partial charge in [-0.05, 0) is 24.6 Å². The highest BCUT2D eigenvalue weighted by Crippen LogP contribution is 2.36. The second-order valence-electron chi connectivity index (χ2n) is 6.23. The number of hydrogen-bond acceptors (Lipinski definition) is 6. The monoisotopic (exact) mass is 381 g/mol. The molecule has 1 aliphatic rings. The molecule has 1 atom stereocenters. The molecule has 136 valence electrons. The summed E-state index contributed by atoms with van der Waals surface area (Å²) in [6, 6.07) is 6.84. The lowest BCUT2D eigenvalue weighted by molar-refractivity contribution is -0.116. The Hall–Kier alpha value is -3.33. The quantitative estimate of drug-likeness (QED) is 0.724. The van der Waals surface area contributed by atoms with Crippen molar-refractivity contribution in [3.63, 3.8) is 0 Å². The van der Waals surface area contributed by atoms with Crippen LogP contribution in [0, 0.1) is 0 Å². The third kappa shape index (κ3) is 3.13. The fourth-order valence-electron chi connectivity index (χ4n) is 2.79. The second-order valence-corrected chi connectivity index (χ2v) is 7.09. The molecule has 1 aromatic carbocycles. The molecule has 3 aromatic rings. The molecule has 0 radical (unpaired) electrons. The topological polar surface area (TPSA) is 106 Å². The number of rotatable bonds is 3. The van der Waals surface area contributed by atoms with E-state index in [9.17, 15) is 14.4 Å². The molecule has 0 saturated heterocycles. The van der Waals surface area contributed by atoms with Crippen molar-refractivity contribution < 1.29 is 9.59 Å². The lowest BCUT2D eigenvalue weighted by atomic mass is 10.00. The van der Waals surface area contributed by atoms with Crippen LogP contribution in [0.1, 0.15) is 28.9 Å². The van der Waals surface area contributed by atoms with Crippen LogP contribution in [-0.4, -0.2) is 26.3 Å². The summed E-state index contributed by atoms with van der Waals surface area (Å²) in [7, 11) is 1.56. The van der Waals surface area contributed by atoms with Gasteiger partial charge in [-0.1, -0.05) is 6.07 Å². The standard InChI is InChI=1S/C18H15N5O3S/c1-9-11-5-10(3-4-12(11)20-16(9)25)14-7-27-18(21-14)22-17(26)13-6-15(24)23(2)8-19-13/h3-9H,1-2H3,(H,20,25)(H,21,22,26). The molecule has 2 N–H and O–H groups in total. The van der Waals surface area contributed by atoms with Crippen molar-refractivity contribution in [1.29, 1.82) is 0 Å². The Morgan fingerprint density at radius 1 is 1.30 bits per heavy atom. The summed E-state index contributed by atoms with van der Waals surface area (Å²) >= 11 is 1.27.